The number of carbonyl (C=O) groups is 1. The molecule has 0 bridgehead atoms. The van der Waals surface area contributed by atoms with Gasteiger partial charge in [0.2, 0.25) is 0 Å². The molecule has 0 aliphatic carbocycles. The third kappa shape index (κ3) is 6.38. The maximum absolute atomic E-state index is 12.6. The number of rotatable bonds is 7. The third-order valence-corrected chi connectivity index (χ3v) is 7.95. The van der Waals surface area contributed by atoms with Crippen LogP contribution in [0.25, 0.3) is 0 Å². The highest BCUT2D eigenvalue weighted by Crippen LogP contribution is 2.26. The van der Waals surface area contributed by atoms with Gasteiger partial charge in [-0.25, -0.2) is 9.97 Å². The molecule has 1 aromatic carbocycles. The smallest absolute Gasteiger partial charge is 0.257 e. The van der Waals surface area contributed by atoms with Crippen LogP contribution in [0.5, 0.6) is 0 Å². The van der Waals surface area contributed by atoms with Crippen molar-refractivity contribution in [2.24, 2.45) is 11.8 Å². The molecular formula is C23H28N4OS3. The standard InChI is InChI=1S/C23H28N4OS3/c1-15-8-16(2)10-27(9-15)11-19-12-31-23(25-19)26-22(28)18-4-6-21(7-5-18)30-14-20-13-29-17(3)24-20/h4-7,12-13,15-16H,8-11,14H2,1-3H3,(H,25,26,28). The van der Waals surface area contributed by atoms with E-state index in [1.54, 1.807) is 23.1 Å². The minimum absolute atomic E-state index is 0.118. The molecule has 3 aromatic rings. The van der Waals surface area contributed by atoms with Crippen LogP contribution in [0.15, 0.2) is 39.9 Å². The number of anilines is 1. The van der Waals surface area contributed by atoms with Crippen molar-refractivity contribution in [1.29, 1.82) is 0 Å². The summed E-state index contributed by atoms with van der Waals surface area (Å²) in [6.07, 6.45) is 1.30. The molecular weight excluding hydrogens is 444 g/mol. The van der Waals surface area contributed by atoms with Gasteiger partial charge in [-0.05, 0) is 49.4 Å². The lowest BCUT2D eigenvalue weighted by Crippen LogP contribution is -2.38. The summed E-state index contributed by atoms with van der Waals surface area (Å²) in [7, 11) is 0. The van der Waals surface area contributed by atoms with Crippen LogP contribution in [0, 0.1) is 18.8 Å². The Kier molecular flexibility index (Phi) is 7.43. The van der Waals surface area contributed by atoms with Crippen molar-refractivity contribution >= 4 is 45.5 Å². The van der Waals surface area contributed by atoms with E-state index in [2.05, 4.69) is 44.8 Å². The molecule has 31 heavy (non-hydrogen) atoms. The number of hydrogen-bond donors (Lipinski definition) is 1. The van der Waals surface area contributed by atoms with Gasteiger partial charge in [0.1, 0.15) is 0 Å². The average Bonchev–Trinajstić information content (AvgIpc) is 3.34. The molecule has 4 rings (SSSR count). The normalized spacial score (nSPS) is 19.5. The molecule has 2 aromatic heterocycles. The van der Waals surface area contributed by atoms with E-state index in [1.807, 2.05) is 31.2 Å². The van der Waals surface area contributed by atoms with Gasteiger partial charge in [-0.1, -0.05) is 13.8 Å². The molecule has 164 valence electrons. The number of benzene rings is 1. The second-order valence-electron chi connectivity index (χ2n) is 8.41. The number of hydrogen-bond acceptors (Lipinski definition) is 7. The Morgan fingerprint density at radius 2 is 1.81 bits per heavy atom. The second-order valence-corrected chi connectivity index (χ2v) is 11.4. The quantitative estimate of drug-likeness (QED) is 0.432. The molecule has 8 heteroatoms. The zero-order valence-electron chi connectivity index (χ0n) is 18.1. The summed E-state index contributed by atoms with van der Waals surface area (Å²) in [4.78, 5) is 25.4. The number of likely N-dealkylation sites (tertiary alicyclic amines) is 1. The lowest BCUT2D eigenvalue weighted by molar-refractivity contribution is 0.102. The number of thiazole rings is 2. The van der Waals surface area contributed by atoms with Crippen LogP contribution in [-0.4, -0.2) is 33.9 Å². The van der Waals surface area contributed by atoms with E-state index >= 15 is 0 Å². The molecule has 5 nitrogen and oxygen atoms in total. The van der Waals surface area contributed by atoms with Crippen molar-refractivity contribution < 1.29 is 4.79 Å². The first kappa shape index (κ1) is 22.5. The summed E-state index contributed by atoms with van der Waals surface area (Å²) in [6.45, 7) is 9.75. The second kappa shape index (κ2) is 10.3. The van der Waals surface area contributed by atoms with Gasteiger partial charge in [-0.3, -0.25) is 15.0 Å². The minimum atomic E-state index is -0.118. The Bertz CT molecular complexity index is 1000. The molecule has 1 aliphatic rings. The number of carbonyl (C=O) groups excluding carboxylic acids is 1. The van der Waals surface area contributed by atoms with Crippen LogP contribution in [0.2, 0.25) is 0 Å². The molecule has 1 amide bonds. The molecule has 1 fully saturated rings. The van der Waals surface area contributed by atoms with E-state index < -0.39 is 0 Å². The summed E-state index contributed by atoms with van der Waals surface area (Å²) < 4.78 is 0. The zero-order chi connectivity index (χ0) is 21.8. The predicted octanol–water partition coefficient (Wildman–Crippen LogP) is 5.93. The minimum Gasteiger partial charge on any atom is -0.298 e. The van der Waals surface area contributed by atoms with E-state index in [4.69, 9.17) is 0 Å². The fourth-order valence-electron chi connectivity index (χ4n) is 4.09. The highest BCUT2D eigenvalue weighted by molar-refractivity contribution is 7.98. The molecule has 0 saturated carbocycles. The molecule has 2 unspecified atom stereocenters. The number of nitrogens with zero attached hydrogens (tertiary/aromatic N) is 3. The van der Waals surface area contributed by atoms with E-state index in [-0.39, 0.29) is 5.91 Å². The summed E-state index contributed by atoms with van der Waals surface area (Å²) in [5.41, 5.74) is 2.78. The first-order valence-corrected chi connectivity index (χ1v) is 13.3. The van der Waals surface area contributed by atoms with Gasteiger partial charge in [0.05, 0.1) is 16.4 Å². The largest absolute Gasteiger partial charge is 0.298 e. The Labute approximate surface area is 196 Å². The highest BCUT2D eigenvalue weighted by atomic mass is 32.2. The SMILES string of the molecule is Cc1nc(CSc2ccc(C(=O)Nc3nc(CN4CC(C)CC(C)C4)cs3)cc2)cs1. The van der Waals surface area contributed by atoms with E-state index in [9.17, 15) is 4.79 Å². The van der Waals surface area contributed by atoms with Crippen molar-refractivity contribution in [3.05, 3.63) is 57.0 Å². The maximum atomic E-state index is 12.6. The summed E-state index contributed by atoms with van der Waals surface area (Å²) in [5, 5.41) is 8.85. The number of aromatic nitrogens is 2. The average molecular weight is 473 g/mol. The molecule has 1 N–H and O–H groups in total. The zero-order valence-corrected chi connectivity index (χ0v) is 20.6. The van der Waals surface area contributed by atoms with Crippen LogP contribution in [0.4, 0.5) is 5.13 Å². The van der Waals surface area contributed by atoms with Gasteiger partial charge in [0, 0.05) is 46.6 Å². The summed E-state index contributed by atoms with van der Waals surface area (Å²) in [6, 6.07) is 7.72. The summed E-state index contributed by atoms with van der Waals surface area (Å²) >= 11 is 4.90. The number of aryl methyl sites for hydroxylation is 1. The Morgan fingerprint density at radius 1 is 1.10 bits per heavy atom. The Morgan fingerprint density at radius 3 is 2.48 bits per heavy atom. The van der Waals surface area contributed by atoms with Gasteiger partial charge in [0.15, 0.2) is 5.13 Å². The Balaban J connectivity index is 1.29. The van der Waals surface area contributed by atoms with Crippen LogP contribution in [0.3, 0.4) is 0 Å². The molecule has 2 atom stereocenters. The molecule has 0 spiro atoms. The lowest BCUT2D eigenvalue weighted by Gasteiger charge is -2.34. The van der Waals surface area contributed by atoms with Crippen molar-refractivity contribution in [1.82, 2.24) is 14.9 Å². The first-order valence-electron chi connectivity index (χ1n) is 10.6. The highest BCUT2D eigenvalue weighted by Gasteiger charge is 2.22. The van der Waals surface area contributed by atoms with Crippen LogP contribution >= 0.6 is 34.4 Å². The number of amides is 1. The summed E-state index contributed by atoms with van der Waals surface area (Å²) in [5.74, 6) is 2.18. The van der Waals surface area contributed by atoms with Crippen LogP contribution < -0.4 is 5.32 Å². The number of thioether (sulfide) groups is 1. The topological polar surface area (TPSA) is 58.1 Å². The number of piperidine rings is 1. The molecule has 1 saturated heterocycles. The number of nitrogens with one attached hydrogen (secondary N) is 1. The van der Waals surface area contributed by atoms with E-state index in [0.29, 0.717) is 10.7 Å². The monoisotopic (exact) mass is 472 g/mol. The lowest BCUT2D eigenvalue weighted by atomic mass is 9.92. The molecule has 0 radical (unpaired) electrons. The Hall–Kier alpha value is -1.74. The van der Waals surface area contributed by atoms with Crippen molar-refractivity contribution in [2.45, 2.75) is 44.4 Å². The van der Waals surface area contributed by atoms with Gasteiger partial charge in [-0.2, -0.15) is 0 Å². The predicted molar refractivity (Wildman–Crippen MR) is 131 cm³/mol. The van der Waals surface area contributed by atoms with Crippen LogP contribution in [-0.2, 0) is 12.3 Å². The van der Waals surface area contributed by atoms with Crippen LogP contribution in [0.1, 0.15) is 47.0 Å². The van der Waals surface area contributed by atoms with Crippen molar-refractivity contribution in [2.75, 3.05) is 18.4 Å². The first-order chi connectivity index (χ1) is 14.9. The maximum Gasteiger partial charge on any atom is 0.257 e. The van der Waals surface area contributed by atoms with Gasteiger partial charge in [-0.15, -0.1) is 34.4 Å². The van der Waals surface area contributed by atoms with E-state index in [0.717, 1.165) is 58.5 Å². The van der Waals surface area contributed by atoms with Crippen molar-refractivity contribution in [3.63, 3.8) is 0 Å². The van der Waals surface area contributed by atoms with Gasteiger partial charge < -0.3 is 0 Å². The van der Waals surface area contributed by atoms with Gasteiger partial charge >= 0.3 is 0 Å². The fourth-order valence-corrected chi connectivity index (χ4v) is 6.30. The molecule has 3 heterocycles. The third-order valence-electron chi connectivity index (χ3n) is 5.27. The van der Waals surface area contributed by atoms with Gasteiger partial charge in [0.25, 0.3) is 5.91 Å². The molecule has 1 aliphatic heterocycles. The fraction of sp³-hybridized carbons (Fsp3) is 0.435. The van der Waals surface area contributed by atoms with Crippen molar-refractivity contribution in [3.8, 4) is 0 Å². The van der Waals surface area contributed by atoms with E-state index in [1.165, 1.54) is 17.8 Å².